The summed E-state index contributed by atoms with van der Waals surface area (Å²) in [5, 5.41) is 9.17. The van der Waals surface area contributed by atoms with Crippen molar-refractivity contribution in [1.82, 2.24) is 4.90 Å². The summed E-state index contributed by atoms with van der Waals surface area (Å²) in [6.07, 6.45) is -2.26. The number of β-amino-alcohol motifs (C(OH)–C–C–N with tert-alkyl or cyclic N) is 1. The first-order chi connectivity index (χ1) is 7.09. The van der Waals surface area contributed by atoms with Crippen LogP contribution in [-0.4, -0.2) is 54.7 Å². The Hall–Kier alpha value is -0.750. The number of likely N-dealkylation sites (tertiary alicyclic amines) is 1. The van der Waals surface area contributed by atoms with E-state index in [9.17, 15) is 13.6 Å². The molecule has 1 saturated heterocycles. The first kappa shape index (κ1) is 12.3. The van der Waals surface area contributed by atoms with E-state index in [1.54, 1.807) is 0 Å². The van der Waals surface area contributed by atoms with E-state index in [0.29, 0.717) is 19.5 Å². The molecule has 6 heteroatoms. The van der Waals surface area contributed by atoms with Crippen molar-refractivity contribution in [2.24, 2.45) is 0 Å². The minimum Gasteiger partial charge on any atom is -0.391 e. The Balaban J connectivity index is 2.08. The van der Waals surface area contributed by atoms with Gasteiger partial charge in [0.15, 0.2) is 0 Å². The Bertz CT molecular complexity index is 214. The predicted octanol–water partition coefficient (Wildman–Crippen LogP) is 0.251. The zero-order valence-electron chi connectivity index (χ0n) is 8.36. The smallest absolute Gasteiger partial charge is 0.261 e. The lowest BCUT2D eigenvalue weighted by Gasteiger charge is -2.15. The molecule has 0 aromatic heterocycles. The molecule has 1 heterocycles. The Morgan fingerprint density at radius 3 is 2.87 bits per heavy atom. The van der Waals surface area contributed by atoms with Gasteiger partial charge in [0.2, 0.25) is 5.91 Å². The molecule has 0 unspecified atom stereocenters. The molecule has 15 heavy (non-hydrogen) atoms. The van der Waals surface area contributed by atoms with Crippen LogP contribution >= 0.6 is 0 Å². The molecule has 1 rings (SSSR count). The van der Waals surface area contributed by atoms with E-state index in [-0.39, 0.29) is 18.9 Å². The number of hydrogen-bond acceptors (Lipinski definition) is 3. The highest BCUT2D eigenvalue weighted by Crippen LogP contribution is 2.09. The average Bonchev–Trinajstić information content (AvgIpc) is 2.59. The van der Waals surface area contributed by atoms with Crippen LogP contribution in [0.1, 0.15) is 12.8 Å². The number of aliphatic hydroxyl groups excluding tert-OH is 1. The fraction of sp³-hybridized carbons (Fsp3) is 0.889. The highest BCUT2D eigenvalue weighted by atomic mass is 19.3. The topological polar surface area (TPSA) is 49.8 Å². The normalized spacial score (nSPS) is 21.3. The maximum Gasteiger partial charge on any atom is 0.261 e. The third kappa shape index (κ3) is 4.53. The molecule has 0 radical (unpaired) electrons. The Morgan fingerprint density at radius 1 is 1.60 bits per heavy atom. The van der Waals surface area contributed by atoms with Crippen LogP contribution in [0.5, 0.6) is 0 Å². The van der Waals surface area contributed by atoms with Crippen molar-refractivity contribution in [1.29, 1.82) is 0 Å². The van der Waals surface area contributed by atoms with Gasteiger partial charge in [0.1, 0.15) is 6.61 Å². The van der Waals surface area contributed by atoms with E-state index in [2.05, 4.69) is 4.74 Å². The van der Waals surface area contributed by atoms with Crippen LogP contribution in [0.3, 0.4) is 0 Å². The van der Waals surface area contributed by atoms with Crippen molar-refractivity contribution in [2.45, 2.75) is 25.4 Å². The van der Waals surface area contributed by atoms with Crippen LogP contribution < -0.4 is 0 Å². The average molecular weight is 223 g/mol. The van der Waals surface area contributed by atoms with Gasteiger partial charge in [-0.15, -0.1) is 0 Å². The number of halogens is 2. The maximum atomic E-state index is 11.7. The predicted molar refractivity (Wildman–Crippen MR) is 48.6 cm³/mol. The molecule has 4 nitrogen and oxygen atoms in total. The Kier molecular flexibility index (Phi) is 4.90. The second-order valence-corrected chi connectivity index (χ2v) is 3.50. The number of carbonyl (C=O) groups is 1. The molecule has 0 spiro atoms. The number of nitrogens with zero attached hydrogens (tertiary/aromatic N) is 1. The molecule has 0 aromatic carbocycles. The number of rotatable bonds is 5. The fourth-order valence-corrected chi connectivity index (χ4v) is 1.46. The van der Waals surface area contributed by atoms with Gasteiger partial charge in [-0.1, -0.05) is 0 Å². The second kappa shape index (κ2) is 5.97. The summed E-state index contributed by atoms with van der Waals surface area (Å²) in [6.45, 7) is 0.258. The Labute approximate surface area is 86.8 Å². The van der Waals surface area contributed by atoms with E-state index >= 15 is 0 Å². The van der Waals surface area contributed by atoms with E-state index in [0.717, 1.165) is 0 Å². The van der Waals surface area contributed by atoms with Crippen LogP contribution in [0.15, 0.2) is 0 Å². The summed E-state index contributed by atoms with van der Waals surface area (Å²) >= 11 is 0. The molecular formula is C9H15F2NO3. The number of hydrogen-bond donors (Lipinski definition) is 1. The van der Waals surface area contributed by atoms with E-state index in [4.69, 9.17) is 5.11 Å². The molecule has 1 fully saturated rings. The largest absolute Gasteiger partial charge is 0.391 e. The van der Waals surface area contributed by atoms with E-state index in [1.807, 2.05) is 0 Å². The number of ether oxygens (including phenoxy) is 1. The van der Waals surface area contributed by atoms with Gasteiger partial charge in [-0.3, -0.25) is 4.79 Å². The standard InChI is InChI=1S/C9H15F2NO3/c10-8(11)6-15-4-2-9(14)12-3-1-7(13)5-12/h7-8,13H,1-6H2/t7-/m1/s1. The summed E-state index contributed by atoms with van der Waals surface area (Å²) in [5.74, 6) is -0.152. The molecule has 0 saturated carbocycles. The molecule has 0 bridgehead atoms. The fourth-order valence-electron chi connectivity index (χ4n) is 1.46. The van der Waals surface area contributed by atoms with Crippen LogP contribution in [0.4, 0.5) is 8.78 Å². The zero-order chi connectivity index (χ0) is 11.3. The first-order valence-corrected chi connectivity index (χ1v) is 4.91. The molecule has 1 N–H and O–H groups in total. The van der Waals surface area contributed by atoms with Gasteiger partial charge in [-0.25, -0.2) is 8.78 Å². The monoisotopic (exact) mass is 223 g/mol. The molecule has 1 aliphatic rings. The van der Waals surface area contributed by atoms with E-state index < -0.39 is 19.1 Å². The maximum absolute atomic E-state index is 11.7. The third-order valence-corrected chi connectivity index (χ3v) is 2.22. The lowest BCUT2D eigenvalue weighted by Crippen LogP contribution is -2.30. The van der Waals surface area contributed by atoms with Gasteiger partial charge >= 0.3 is 0 Å². The van der Waals surface area contributed by atoms with Gasteiger partial charge in [-0.05, 0) is 6.42 Å². The molecule has 1 atom stereocenters. The highest BCUT2D eigenvalue weighted by molar-refractivity contribution is 5.76. The molecule has 0 aromatic rings. The number of carbonyl (C=O) groups excluding carboxylic acids is 1. The highest BCUT2D eigenvalue weighted by Gasteiger charge is 2.23. The van der Waals surface area contributed by atoms with E-state index in [1.165, 1.54) is 4.90 Å². The van der Waals surface area contributed by atoms with Crippen molar-refractivity contribution in [3.63, 3.8) is 0 Å². The minimum absolute atomic E-state index is 0.00969. The lowest BCUT2D eigenvalue weighted by molar-refractivity contribution is -0.132. The van der Waals surface area contributed by atoms with Crippen LogP contribution in [0, 0.1) is 0 Å². The third-order valence-electron chi connectivity index (χ3n) is 2.22. The van der Waals surface area contributed by atoms with Crippen molar-refractivity contribution in [2.75, 3.05) is 26.3 Å². The van der Waals surface area contributed by atoms with Gasteiger partial charge in [-0.2, -0.15) is 0 Å². The van der Waals surface area contributed by atoms with Crippen molar-refractivity contribution >= 4 is 5.91 Å². The van der Waals surface area contributed by atoms with Gasteiger partial charge in [0.05, 0.1) is 19.1 Å². The van der Waals surface area contributed by atoms with Crippen molar-refractivity contribution in [3.05, 3.63) is 0 Å². The molecular weight excluding hydrogens is 208 g/mol. The summed E-state index contributed by atoms with van der Waals surface area (Å²) in [7, 11) is 0. The summed E-state index contributed by atoms with van der Waals surface area (Å²) in [5.41, 5.74) is 0. The minimum atomic E-state index is -2.49. The molecule has 0 aliphatic carbocycles. The van der Waals surface area contributed by atoms with Gasteiger partial charge in [0, 0.05) is 13.1 Å². The summed E-state index contributed by atoms with van der Waals surface area (Å²) in [4.78, 5) is 12.9. The van der Waals surface area contributed by atoms with Crippen LogP contribution in [0.2, 0.25) is 0 Å². The lowest BCUT2D eigenvalue weighted by atomic mass is 10.3. The second-order valence-electron chi connectivity index (χ2n) is 3.50. The van der Waals surface area contributed by atoms with Crippen LogP contribution in [0.25, 0.3) is 0 Å². The molecule has 88 valence electrons. The number of alkyl halides is 2. The summed E-state index contributed by atoms with van der Waals surface area (Å²) in [6, 6.07) is 0. The molecule has 1 amide bonds. The van der Waals surface area contributed by atoms with Crippen molar-refractivity contribution < 1.29 is 23.4 Å². The summed E-state index contributed by atoms with van der Waals surface area (Å²) < 4.78 is 27.9. The SMILES string of the molecule is O=C(CCOCC(F)F)N1CC[C@@H](O)C1. The number of aliphatic hydroxyl groups is 1. The van der Waals surface area contributed by atoms with Gasteiger partial charge in [0.25, 0.3) is 6.43 Å². The first-order valence-electron chi connectivity index (χ1n) is 4.91. The van der Waals surface area contributed by atoms with Crippen LogP contribution in [-0.2, 0) is 9.53 Å². The Morgan fingerprint density at radius 2 is 2.33 bits per heavy atom. The van der Waals surface area contributed by atoms with Gasteiger partial charge < -0.3 is 14.7 Å². The molecule has 1 aliphatic heterocycles. The number of amides is 1. The van der Waals surface area contributed by atoms with Crippen molar-refractivity contribution in [3.8, 4) is 0 Å². The quantitative estimate of drug-likeness (QED) is 0.680. The zero-order valence-corrected chi connectivity index (χ0v) is 8.36.